The number of fused-ring (bicyclic) bond motifs is 1. The molecule has 0 radical (unpaired) electrons. The van der Waals surface area contributed by atoms with Gasteiger partial charge in [0, 0.05) is 11.1 Å². The van der Waals surface area contributed by atoms with E-state index in [2.05, 4.69) is 10.1 Å². The predicted octanol–water partition coefficient (Wildman–Crippen LogP) is 3.68. The first kappa shape index (κ1) is 17.4. The van der Waals surface area contributed by atoms with Crippen molar-refractivity contribution in [3.05, 3.63) is 47.0 Å². The second-order valence-corrected chi connectivity index (χ2v) is 7.11. The van der Waals surface area contributed by atoms with Crippen LogP contribution in [0.15, 0.2) is 46.0 Å². The van der Waals surface area contributed by atoms with Gasteiger partial charge in [0.1, 0.15) is 18.2 Å². The lowest BCUT2D eigenvalue weighted by Gasteiger charge is -2.30. The van der Waals surface area contributed by atoms with Gasteiger partial charge in [0.2, 0.25) is 0 Å². The number of amidine groups is 1. The van der Waals surface area contributed by atoms with Crippen LogP contribution in [0.2, 0.25) is 0 Å². The lowest BCUT2D eigenvalue weighted by atomic mass is 9.83. The number of allylic oxidation sites excluding steroid dienone is 1. The number of hydrazone groups is 1. The summed E-state index contributed by atoms with van der Waals surface area (Å²) in [5, 5.41) is 6.13. The standard InChI is InChI=1S/C18H18F3N3O/c1-17(2,3)14-8-15(23-24-9-13(10-25)22-16(14)24)11-4-6-12(7-5-11)18(19,20)21/h4-8,10,13H,9H2,1-3H3. The molecule has 132 valence electrons. The Labute approximate surface area is 143 Å². The van der Waals surface area contributed by atoms with Gasteiger partial charge in [0.15, 0.2) is 0 Å². The fourth-order valence-corrected chi connectivity index (χ4v) is 2.78. The molecule has 0 spiro atoms. The summed E-state index contributed by atoms with van der Waals surface area (Å²) in [6.45, 7) is 6.40. The molecular weight excluding hydrogens is 331 g/mol. The smallest absolute Gasteiger partial charge is 0.301 e. The molecule has 25 heavy (non-hydrogen) atoms. The lowest BCUT2D eigenvalue weighted by molar-refractivity contribution is -0.137. The summed E-state index contributed by atoms with van der Waals surface area (Å²) < 4.78 is 38.2. The molecular formula is C18H18F3N3O. The number of rotatable bonds is 2. The third-order valence-corrected chi connectivity index (χ3v) is 4.12. The molecule has 0 amide bonds. The molecule has 3 rings (SSSR count). The highest BCUT2D eigenvalue weighted by molar-refractivity contribution is 6.17. The summed E-state index contributed by atoms with van der Waals surface area (Å²) in [4.78, 5) is 15.5. The van der Waals surface area contributed by atoms with E-state index in [1.807, 2.05) is 26.8 Å². The van der Waals surface area contributed by atoms with Gasteiger partial charge < -0.3 is 4.79 Å². The molecule has 2 aliphatic rings. The van der Waals surface area contributed by atoms with Crippen molar-refractivity contribution in [2.24, 2.45) is 15.5 Å². The largest absolute Gasteiger partial charge is 0.416 e. The Kier molecular flexibility index (Phi) is 4.05. The average molecular weight is 349 g/mol. The van der Waals surface area contributed by atoms with Crippen LogP contribution in [-0.4, -0.2) is 35.4 Å². The van der Waals surface area contributed by atoms with Crippen molar-refractivity contribution in [1.82, 2.24) is 5.01 Å². The van der Waals surface area contributed by atoms with Crippen LogP contribution in [-0.2, 0) is 11.0 Å². The molecule has 2 aliphatic heterocycles. The van der Waals surface area contributed by atoms with Crippen LogP contribution in [0.5, 0.6) is 0 Å². The third kappa shape index (κ3) is 3.36. The van der Waals surface area contributed by atoms with E-state index in [1.165, 1.54) is 12.1 Å². The van der Waals surface area contributed by atoms with Crippen molar-refractivity contribution in [3.8, 4) is 0 Å². The molecule has 1 aromatic carbocycles. The Morgan fingerprint density at radius 1 is 1.16 bits per heavy atom. The molecule has 2 heterocycles. The quantitative estimate of drug-likeness (QED) is 0.765. The number of halogens is 3. The van der Waals surface area contributed by atoms with Crippen molar-refractivity contribution in [1.29, 1.82) is 0 Å². The Hall–Kier alpha value is -2.44. The Morgan fingerprint density at radius 3 is 2.32 bits per heavy atom. The number of benzene rings is 1. The summed E-state index contributed by atoms with van der Waals surface area (Å²) in [6.07, 6.45) is -1.75. The molecule has 1 atom stereocenters. The molecule has 7 heteroatoms. The van der Waals surface area contributed by atoms with E-state index in [0.29, 0.717) is 23.7 Å². The van der Waals surface area contributed by atoms with E-state index in [0.717, 1.165) is 24.0 Å². The normalized spacial score (nSPS) is 20.6. The maximum atomic E-state index is 12.7. The van der Waals surface area contributed by atoms with Crippen LogP contribution in [0.25, 0.3) is 0 Å². The number of aldehydes is 1. The van der Waals surface area contributed by atoms with Gasteiger partial charge in [-0.1, -0.05) is 32.9 Å². The molecule has 0 aromatic heterocycles. The van der Waals surface area contributed by atoms with Crippen LogP contribution in [0.3, 0.4) is 0 Å². The minimum Gasteiger partial charge on any atom is -0.301 e. The average Bonchev–Trinajstić information content (AvgIpc) is 2.95. The van der Waals surface area contributed by atoms with E-state index < -0.39 is 17.8 Å². The van der Waals surface area contributed by atoms with Crippen LogP contribution < -0.4 is 0 Å². The third-order valence-electron chi connectivity index (χ3n) is 4.12. The number of carbonyl (C=O) groups excluding carboxylic acids is 1. The first-order chi connectivity index (χ1) is 11.6. The number of hydrogen-bond donors (Lipinski definition) is 0. The van der Waals surface area contributed by atoms with Gasteiger partial charge in [0.05, 0.1) is 17.8 Å². The number of nitrogens with zero attached hydrogens (tertiary/aromatic N) is 3. The molecule has 4 nitrogen and oxygen atoms in total. The van der Waals surface area contributed by atoms with Gasteiger partial charge in [-0.2, -0.15) is 18.3 Å². The Balaban J connectivity index is 2.01. The molecule has 0 bridgehead atoms. The van der Waals surface area contributed by atoms with Crippen LogP contribution >= 0.6 is 0 Å². The Bertz CT molecular complexity index is 783. The van der Waals surface area contributed by atoms with Gasteiger partial charge in [-0.15, -0.1) is 0 Å². The highest BCUT2D eigenvalue weighted by atomic mass is 19.4. The zero-order valence-corrected chi connectivity index (χ0v) is 14.1. The monoisotopic (exact) mass is 349 g/mol. The van der Waals surface area contributed by atoms with Gasteiger partial charge in [0.25, 0.3) is 0 Å². The maximum Gasteiger partial charge on any atom is 0.416 e. The fraction of sp³-hybridized carbons (Fsp3) is 0.389. The molecule has 1 unspecified atom stereocenters. The summed E-state index contributed by atoms with van der Waals surface area (Å²) in [5.41, 5.74) is 1.11. The van der Waals surface area contributed by atoms with E-state index in [1.54, 1.807) is 5.01 Å². The van der Waals surface area contributed by atoms with Crippen molar-refractivity contribution in [3.63, 3.8) is 0 Å². The molecule has 0 N–H and O–H groups in total. The lowest BCUT2D eigenvalue weighted by Crippen LogP contribution is -2.34. The SMILES string of the molecule is CC(C)(C)C1=CC(c2ccc(C(F)(F)F)cc2)=NN2CC(C=O)N=C12. The second kappa shape index (κ2) is 5.82. The first-order valence-corrected chi connectivity index (χ1v) is 7.89. The van der Waals surface area contributed by atoms with Crippen molar-refractivity contribution < 1.29 is 18.0 Å². The maximum absolute atomic E-state index is 12.7. The van der Waals surface area contributed by atoms with Gasteiger partial charge in [-0.25, -0.2) is 5.01 Å². The van der Waals surface area contributed by atoms with E-state index in [9.17, 15) is 18.0 Å². The van der Waals surface area contributed by atoms with Gasteiger partial charge >= 0.3 is 6.18 Å². The summed E-state index contributed by atoms with van der Waals surface area (Å²) in [5.74, 6) is 0.653. The first-order valence-electron chi connectivity index (χ1n) is 7.89. The van der Waals surface area contributed by atoms with Crippen LogP contribution in [0.4, 0.5) is 13.2 Å². The fourth-order valence-electron chi connectivity index (χ4n) is 2.78. The highest BCUT2D eigenvalue weighted by Gasteiger charge is 2.35. The zero-order chi connectivity index (χ0) is 18.4. The molecule has 0 aliphatic carbocycles. The molecule has 0 fully saturated rings. The highest BCUT2D eigenvalue weighted by Crippen LogP contribution is 2.34. The van der Waals surface area contributed by atoms with E-state index in [4.69, 9.17) is 0 Å². The van der Waals surface area contributed by atoms with Crippen molar-refractivity contribution in [2.45, 2.75) is 33.0 Å². The number of aliphatic imine (C=N–C) groups is 1. The predicted molar refractivity (Wildman–Crippen MR) is 89.5 cm³/mol. The number of carbonyl (C=O) groups is 1. The molecule has 0 saturated heterocycles. The second-order valence-electron chi connectivity index (χ2n) is 7.11. The molecule has 1 aromatic rings. The number of hydrogen-bond acceptors (Lipinski definition) is 4. The summed E-state index contributed by atoms with van der Waals surface area (Å²) in [7, 11) is 0. The van der Waals surface area contributed by atoms with Crippen LogP contribution in [0, 0.1) is 5.41 Å². The zero-order valence-electron chi connectivity index (χ0n) is 14.1. The van der Waals surface area contributed by atoms with Crippen LogP contribution in [0.1, 0.15) is 31.9 Å². The summed E-state index contributed by atoms with van der Waals surface area (Å²) >= 11 is 0. The Morgan fingerprint density at radius 2 is 1.80 bits per heavy atom. The van der Waals surface area contributed by atoms with Gasteiger partial charge in [-0.3, -0.25) is 4.99 Å². The molecule has 0 saturated carbocycles. The topological polar surface area (TPSA) is 45.0 Å². The minimum absolute atomic E-state index is 0.248. The number of alkyl halides is 3. The summed E-state index contributed by atoms with van der Waals surface area (Å²) in [6, 6.07) is 4.44. The van der Waals surface area contributed by atoms with Crippen molar-refractivity contribution >= 4 is 17.8 Å². The van der Waals surface area contributed by atoms with Gasteiger partial charge in [-0.05, 0) is 23.6 Å². The minimum atomic E-state index is -4.37. The van der Waals surface area contributed by atoms with Crippen molar-refractivity contribution in [2.75, 3.05) is 6.54 Å². The van der Waals surface area contributed by atoms with E-state index in [-0.39, 0.29) is 5.41 Å². The van der Waals surface area contributed by atoms with E-state index >= 15 is 0 Å².